The summed E-state index contributed by atoms with van der Waals surface area (Å²) < 4.78 is 18.5. The molecule has 27 heavy (non-hydrogen) atoms. The lowest BCUT2D eigenvalue weighted by molar-refractivity contribution is 0.0761. The van der Waals surface area contributed by atoms with Gasteiger partial charge in [-0.15, -0.1) is 0 Å². The first kappa shape index (κ1) is 17.4. The Hall–Kier alpha value is -3.02. The minimum Gasteiger partial charge on any atom is -0.469 e. The number of nitrogens with zero attached hydrogens (tertiary/aromatic N) is 3. The van der Waals surface area contributed by atoms with Crippen LogP contribution in [0.2, 0.25) is 0 Å². The summed E-state index contributed by atoms with van der Waals surface area (Å²) in [6, 6.07) is 7.91. The van der Waals surface area contributed by atoms with Crippen molar-refractivity contribution < 1.29 is 13.6 Å². The molecule has 0 atom stereocenters. The second kappa shape index (κ2) is 6.95. The van der Waals surface area contributed by atoms with E-state index < -0.39 is 0 Å². The molecule has 3 aromatic rings. The summed E-state index contributed by atoms with van der Waals surface area (Å²) in [7, 11) is 0. The molecular formula is C21H20FN3O2. The number of carbonyl (C=O) groups excluding carboxylic acids is 1. The highest BCUT2D eigenvalue weighted by molar-refractivity contribution is 5.95. The molecule has 0 radical (unpaired) electrons. The number of fused-ring (bicyclic) bond motifs is 1. The molecule has 1 aliphatic heterocycles. The van der Waals surface area contributed by atoms with E-state index >= 15 is 0 Å². The van der Waals surface area contributed by atoms with Gasteiger partial charge in [-0.05, 0) is 56.2 Å². The molecule has 0 spiro atoms. The highest BCUT2D eigenvalue weighted by Gasteiger charge is 2.24. The molecule has 0 fully saturated rings. The van der Waals surface area contributed by atoms with Gasteiger partial charge in [0.15, 0.2) is 5.82 Å². The van der Waals surface area contributed by atoms with Gasteiger partial charge in [-0.2, -0.15) is 0 Å². The normalized spacial score (nSPS) is 14.0. The zero-order valence-electron chi connectivity index (χ0n) is 15.3. The molecule has 4 rings (SSSR count). The zero-order chi connectivity index (χ0) is 19.0. The van der Waals surface area contributed by atoms with Crippen molar-refractivity contribution in [3.8, 4) is 11.4 Å². The van der Waals surface area contributed by atoms with Gasteiger partial charge in [0.2, 0.25) is 0 Å². The summed E-state index contributed by atoms with van der Waals surface area (Å²) >= 11 is 0. The lowest BCUT2D eigenvalue weighted by Gasteiger charge is -2.19. The van der Waals surface area contributed by atoms with E-state index in [4.69, 9.17) is 9.40 Å². The van der Waals surface area contributed by atoms with Crippen molar-refractivity contribution >= 4 is 5.91 Å². The van der Waals surface area contributed by atoms with Gasteiger partial charge < -0.3 is 9.32 Å². The first-order valence-corrected chi connectivity index (χ1v) is 8.98. The smallest absolute Gasteiger partial charge is 0.257 e. The van der Waals surface area contributed by atoms with Crippen LogP contribution in [0.4, 0.5) is 4.39 Å². The maximum absolute atomic E-state index is 13.2. The molecule has 0 aliphatic carbocycles. The highest BCUT2D eigenvalue weighted by atomic mass is 19.1. The minimum atomic E-state index is -0.283. The lowest BCUT2D eigenvalue weighted by atomic mass is 10.1. The number of benzene rings is 1. The van der Waals surface area contributed by atoms with Crippen molar-refractivity contribution in [1.29, 1.82) is 0 Å². The monoisotopic (exact) mass is 365 g/mol. The third-order valence-electron chi connectivity index (χ3n) is 5.03. The van der Waals surface area contributed by atoms with Crippen LogP contribution in [0, 0.1) is 19.7 Å². The van der Waals surface area contributed by atoms with Gasteiger partial charge in [0, 0.05) is 36.5 Å². The van der Waals surface area contributed by atoms with Crippen LogP contribution >= 0.6 is 0 Å². The van der Waals surface area contributed by atoms with Crippen LogP contribution in [0.3, 0.4) is 0 Å². The lowest BCUT2D eigenvalue weighted by Crippen LogP contribution is -2.33. The molecule has 138 valence electrons. The number of halogens is 1. The second-order valence-corrected chi connectivity index (χ2v) is 6.75. The van der Waals surface area contributed by atoms with E-state index in [1.807, 2.05) is 11.8 Å². The van der Waals surface area contributed by atoms with E-state index in [1.54, 1.807) is 31.4 Å². The average molecular weight is 365 g/mol. The first-order chi connectivity index (χ1) is 13.0. The van der Waals surface area contributed by atoms with Crippen molar-refractivity contribution in [2.75, 3.05) is 13.1 Å². The van der Waals surface area contributed by atoms with E-state index in [0.717, 1.165) is 22.5 Å². The molecule has 0 saturated heterocycles. The third-order valence-corrected chi connectivity index (χ3v) is 5.03. The van der Waals surface area contributed by atoms with Gasteiger partial charge in [-0.1, -0.05) is 0 Å². The van der Waals surface area contributed by atoms with Crippen LogP contribution in [0.25, 0.3) is 11.4 Å². The topological polar surface area (TPSA) is 59.2 Å². The van der Waals surface area contributed by atoms with Gasteiger partial charge in [0.1, 0.15) is 11.6 Å². The first-order valence-electron chi connectivity index (χ1n) is 8.98. The zero-order valence-corrected chi connectivity index (χ0v) is 15.3. The van der Waals surface area contributed by atoms with Crippen molar-refractivity contribution in [3.05, 3.63) is 70.7 Å². The number of carbonyl (C=O) groups is 1. The summed E-state index contributed by atoms with van der Waals surface area (Å²) in [4.78, 5) is 24.0. The number of rotatable bonds is 2. The Morgan fingerprint density at radius 3 is 2.52 bits per heavy atom. The van der Waals surface area contributed by atoms with Crippen LogP contribution in [0.5, 0.6) is 0 Å². The molecule has 1 amide bonds. The SMILES string of the molecule is Cc1nc(-c2ccc(F)cc2)nc2c1CCN(C(=O)c1ccoc1C)CC2. The molecule has 0 bridgehead atoms. The van der Waals surface area contributed by atoms with E-state index in [2.05, 4.69) is 4.98 Å². The molecule has 1 aromatic carbocycles. The Balaban J connectivity index is 1.61. The van der Waals surface area contributed by atoms with Gasteiger partial charge in [0.25, 0.3) is 5.91 Å². The Labute approximate surface area is 156 Å². The van der Waals surface area contributed by atoms with Crippen molar-refractivity contribution in [2.24, 2.45) is 0 Å². The highest BCUT2D eigenvalue weighted by Crippen LogP contribution is 2.23. The van der Waals surface area contributed by atoms with E-state index in [9.17, 15) is 9.18 Å². The molecule has 5 nitrogen and oxygen atoms in total. The van der Waals surface area contributed by atoms with Gasteiger partial charge >= 0.3 is 0 Å². The second-order valence-electron chi connectivity index (χ2n) is 6.75. The van der Waals surface area contributed by atoms with E-state index in [0.29, 0.717) is 43.1 Å². The summed E-state index contributed by atoms with van der Waals surface area (Å²) in [5.74, 6) is 0.931. The number of furan rings is 1. The quantitative estimate of drug-likeness (QED) is 0.694. The predicted molar refractivity (Wildman–Crippen MR) is 98.9 cm³/mol. The molecule has 0 unspecified atom stereocenters. The Morgan fingerprint density at radius 2 is 1.81 bits per heavy atom. The number of hydrogen-bond donors (Lipinski definition) is 0. The fourth-order valence-corrected chi connectivity index (χ4v) is 3.50. The summed E-state index contributed by atoms with van der Waals surface area (Å²) in [6.07, 6.45) is 2.92. The Kier molecular flexibility index (Phi) is 4.48. The third kappa shape index (κ3) is 3.35. The maximum atomic E-state index is 13.2. The molecule has 0 saturated carbocycles. The van der Waals surface area contributed by atoms with Crippen LogP contribution < -0.4 is 0 Å². The standard InChI is InChI=1S/C21H20FN3O2/c1-13-17-7-10-25(21(26)18-9-12-27-14(18)2)11-8-19(17)24-20(23-13)15-3-5-16(22)6-4-15/h3-6,9,12H,7-8,10-11H2,1-2H3. The Morgan fingerprint density at radius 1 is 1.07 bits per heavy atom. The molecule has 3 heterocycles. The van der Waals surface area contributed by atoms with Crippen LogP contribution in [-0.4, -0.2) is 33.9 Å². The average Bonchev–Trinajstić information content (AvgIpc) is 2.96. The van der Waals surface area contributed by atoms with Crippen molar-refractivity contribution in [1.82, 2.24) is 14.9 Å². The van der Waals surface area contributed by atoms with E-state index in [-0.39, 0.29) is 11.7 Å². The summed E-state index contributed by atoms with van der Waals surface area (Å²) in [5.41, 5.74) is 4.36. The molecule has 2 aromatic heterocycles. The number of aryl methyl sites for hydroxylation is 2. The van der Waals surface area contributed by atoms with Gasteiger partial charge in [0.05, 0.1) is 11.8 Å². The fraction of sp³-hybridized carbons (Fsp3) is 0.286. The fourth-order valence-electron chi connectivity index (χ4n) is 3.50. The molecule has 6 heteroatoms. The van der Waals surface area contributed by atoms with Crippen LogP contribution in [0.1, 0.15) is 33.1 Å². The van der Waals surface area contributed by atoms with Crippen molar-refractivity contribution in [2.45, 2.75) is 26.7 Å². The number of aromatic nitrogens is 2. The number of hydrogen-bond acceptors (Lipinski definition) is 4. The minimum absolute atomic E-state index is 0.0153. The van der Waals surface area contributed by atoms with E-state index in [1.165, 1.54) is 12.1 Å². The molecule has 1 aliphatic rings. The molecular weight excluding hydrogens is 345 g/mol. The summed E-state index contributed by atoms with van der Waals surface area (Å²) in [5, 5.41) is 0. The number of amides is 1. The molecule has 0 N–H and O–H groups in total. The van der Waals surface area contributed by atoms with Crippen LogP contribution in [0.15, 0.2) is 41.0 Å². The van der Waals surface area contributed by atoms with Gasteiger partial charge in [-0.25, -0.2) is 14.4 Å². The van der Waals surface area contributed by atoms with Crippen LogP contribution in [-0.2, 0) is 12.8 Å². The predicted octanol–water partition coefficient (Wildman–Crippen LogP) is 3.73. The maximum Gasteiger partial charge on any atom is 0.257 e. The van der Waals surface area contributed by atoms with Crippen molar-refractivity contribution in [3.63, 3.8) is 0 Å². The largest absolute Gasteiger partial charge is 0.469 e. The Bertz CT molecular complexity index is 995. The summed E-state index contributed by atoms with van der Waals surface area (Å²) in [6.45, 7) is 4.97. The van der Waals surface area contributed by atoms with Gasteiger partial charge in [-0.3, -0.25) is 4.79 Å².